The molecule has 0 amide bonds. The van der Waals surface area contributed by atoms with E-state index in [0.29, 0.717) is 23.4 Å². The van der Waals surface area contributed by atoms with Gasteiger partial charge in [0.25, 0.3) is 0 Å². The van der Waals surface area contributed by atoms with Crippen molar-refractivity contribution in [3.8, 4) is 0 Å². The highest BCUT2D eigenvalue weighted by molar-refractivity contribution is 7.99. The van der Waals surface area contributed by atoms with Crippen molar-refractivity contribution in [3.05, 3.63) is 5.70 Å². The summed E-state index contributed by atoms with van der Waals surface area (Å²) in [6, 6.07) is 0. The van der Waals surface area contributed by atoms with Crippen molar-refractivity contribution in [2.45, 2.75) is 31.4 Å². The molecule has 1 heterocycles. The summed E-state index contributed by atoms with van der Waals surface area (Å²) in [6.45, 7) is 3.30. The highest BCUT2D eigenvalue weighted by Crippen LogP contribution is 2.28. The number of rotatable bonds is 6. The van der Waals surface area contributed by atoms with Crippen molar-refractivity contribution in [1.82, 2.24) is 5.06 Å². The molecule has 1 aliphatic rings. The minimum atomic E-state index is 0.511. The Bertz CT molecular complexity index is 256. The minimum absolute atomic E-state index is 0.511. The number of halogens is 1. The third kappa shape index (κ3) is 4.38. The van der Waals surface area contributed by atoms with Crippen LogP contribution in [0.1, 0.15) is 26.2 Å². The lowest BCUT2D eigenvalue weighted by Gasteiger charge is -2.32. The van der Waals surface area contributed by atoms with Crippen molar-refractivity contribution in [3.63, 3.8) is 0 Å². The van der Waals surface area contributed by atoms with Crippen molar-refractivity contribution in [2.75, 3.05) is 24.8 Å². The van der Waals surface area contributed by atoms with Crippen LogP contribution in [0.5, 0.6) is 0 Å². The van der Waals surface area contributed by atoms with Gasteiger partial charge < -0.3 is 0 Å². The number of hydrogen-bond donors (Lipinski definition) is 0. The lowest BCUT2D eigenvalue weighted by atomic mass is 10.1. The number of carbonyl (C=O) groups excluding carboxylic acids is 1. The summed E-state index contributed by atoms with van der Waals surface area (Å²) in [4.78, 5) is 16.2. The van der Waals surface area contributed by atoms with Crippen LogP contribution in [0.2, 0.25) is 0 Å². The summed E-state index contributed by atoms with van der Waals surface area (Å²) in [5.41, 5.74) is 0.650. The zero-order valence-electron chi connectivity index (χ0n) is 9.58. The molecule has 1 saturated heterocycles. The number of alkyl halides is 1. The van der Waals surface area contributed by atoms with E-state index in [9.17, 15) is 4.79 Å². The van der Waals surface area contributed by atoms with E-state index < -0.39 is 0 Å². The summed E-state index contributed by atoms with van der Waals surface area (Å²) < 4.78 is 0. The van der Waals surface area contributed by atoms with Gasteiger partial charge in [-0.05, 0) is 25.5 Å². The molecule has 1 atom stereocenters. The minimum Gasteiger partial charge on any atom is -0.273 e. The van der Waals surface area contributed by atoms with Crippen LogP contribution in [0.15, 0.2) is 5.70 Å². The Hall–Kier alpha value is -0.150. The molecule has 0 aromatic heterocycles. The predicted octanol–water partition coefficient (Wildman–Crippen LogP) is 2.48. The molecule has 0 bridgehead atoms. The maximum atomic E-state index is 10.8. The monoisotopic (exact) mass is 263 g/mol. The van der Waals surface area contributed by atoms with Crippen molar-refractivity contribution < 1.29 is 9.63 Å². The second kappa shape index (κ2) is 8.02. The fraction of sp³-hybridized carbons (Fsp3) is 0.818. The molecule has 0 radical (unpaired) electrons. The topological polar surface area (TPSA) is 29.5 Å². The highest BCUT2D eigenvalue weighted by atomic mass is 35.5. The van der Waals surface area contributed by atoms with Crippen LogP contribution in [-0.2, 0) is 9.63 Å². The van der Waals surface area contributed by atoms with Crippen LogP contribution in [0, 0.1) is 0 Å². The van der Waals surface area contributed by atoms with Gasteiger partial charge in [-0.15, -0.1) is 11.6 Å². The van der Waals surface area contributed by atoms with Gasteiger partial charge in [-0.25, -0.2) is 9.86 Å². The van der Waals surface area contributed by atoms with Gasteiger partial charge in [-0.3, -0.25) is 4.84 Å². The normalized spacial score (nSPS) is 21.0. The zero-order chi connectivity index (χ0) is 11.8. The first-order chi connectivity index (χ1) is 7.81. The Morgan fingerprint density at radius 1 is 1.69 bits per heavy atom. The molecule has 1 rings (SSSR count). The molecule has 16 heavy (non-hydrogen) atoms. The van der Waals surface area contributed by atoms with E-state index in [4.69, 9.17) is 16.4 Å². The molecule has 0 saturated carbocycles. The Balaban J connectivity index is 2.37. The Labute approximate surface area is 106 Å². The summed E-state index contributed by atoms with van der Waals surface area (Å²) in [5.74, 6) is 3.76. The van der Waals surface area contributed by atoms with Gasteiger partial charge in [0, 0.05) is 24.1 Å². The summed E-state index contributed by atoms with van der Waals surface area (Å²) >= 11 is 7.53. The molecule has 92 valence electrons. The van der Waals surface area contributed by atoms with E-state index in [1.165, 1.54) is 0 Å². The zero-order valence-corrected chi connectivity index (χ0v) is 11.1. The molecular weight excluding hydrogens is 246 g/mol. The summed E-state index contributed by atoms with van der Waals surface area (Å²) in [5, 5.41) is 2.20. The number of thioether (sulfide) groups is 1. The average molecular weight is 264 g/mol. The maximum absolute atomic E-state index is 10.8. The van der Waals surface area contributed by atoms with Gasteiger partial charge in [-0.2, -0.15) is 11.8 Å². The largest absolute Gasteiger partial charge is 0.273 e. The number of hydroxylamine groups is 2. The molecule has 0 N–H and O–H groups in total. The maximum Gasteiger partial charge on any atom is 0.148 e. The van der Waals surface area contributed by atoms with Crippen LogP contribution in [0.3, 0.4) is 0 Å². The number of nitrogens with zero attached hydrogens (tertiary/aromatic N) is 1. The molecule has 1 aliphatic heterocycles. The lowest BCUT2D eigenvalue weighted by molar-refractivity contribution is -0.133. The Kier molecular flexibility index (Phi) is 6.97. The van der Waals surface area contributed by atoms with Crippen LogP contribution in [-0.4, -0.2) is 41.0 Å². The van der Waals surface area contributed by atoms with E-state index >= 15 is 0 Å². The molecule has 0 aliphatic carbocycles. The molecule has 1 unspecified atom stereocenters. The van der Waals surface area contributed by atoms with Crippen LogP contribution in [0.4, 0.5) is 0 Å². The highest BCUT2D eigenvalue weighted by Gasteiger charge is 2.24. The second-order valence-electron chi connectivity index (χ2n) is 3.60. The van der Waals surface area contributed by atoms with E-state index in [1.54, 1.807) is 5.06 Å². The van der Waals surface area contributed by atoms with Gasteiger partial charge >= 0.3 is 0 Å². The molecule has 5 heteroatoms. The number of piperidine rings is 1. The lowest BCUT2D eigenvalue weighted by Crippen LogP contribution is -2.33. The van der Waals surface area contributed by atoms with E-state index in [0.717, 1.165) is 31.6 Å². The summed E-state index contributed by atoms with van der Waals surface area (Å²) in [7, 11) is 0. The van der Waals surface area contributed by atoms with Crippen molar-refractivity contribution >= 4 is 29.3 Å². The van der Waals surface area contributed by atoms with E-state index in [2.05, 4.69) is 0 Å². The fourth-order valence-electron chi connectivity index (χ4n) is 1.65. The third-order valence-electron chi connectivity index (χ3n) is 2.41. The molecule has 3 nitrogen and oxygen atoms in total. The molecule has 1 fully saturated rings. The SMILES string of the molecule is CCON1CCC(SCCCCl)CC1=C=O. The van der Waals surface area contributed by atoms with Crippen molar-refractivity contribution in [1.29, 1.82) is 0 Å². The predicted molar refractivity (Wildman–Crippen MR) is 68.4 cm³/mol. The smallest absolute Gasteiger partial charge is 0.148 e. The van der Waals surface area contributed by atoms with E-state index in [-0.39, 0.29) is 0 Å². The average Bonchev–Trinajstić information content (AvgIpc) is 2.31. The second-order valence-corrected chi connectivity index (χ2v) is 5.38. The first kappa shape index (κ1) is 13.9. The quantitative estimate of drug-likeness (QED) is 0.418. The van der Waals surface area contributed by atoms with E-state index in [1.807, 2.05) is 24.6 Å². The van der Waals surface area contributed by atoms with Gasteiger partial charge in [0.15, 0.2) is 0 Å². The third-order valence-corrected chi connectivity index (χ3v) is 4.08. The van der Waals surface area contributed by atoms with Gasteiger partial charge in [0.2, 0.25) is 0 Å². The van der Waals surface area contributed by atoms with Crippen LogP contribution >= 0.6 is 23.4 Å². The number of hydrogen-bond acceptors (Lipinski definition) is 4. The van der Waals surface area contributed by atoms with Gasteiger partial charge in [0.1, 0.15) is 11.6 Å². The Morgan fingerprint density at radius 3 is 3.12 bits per heavy atom. The molecular formula is C11H18ClNO2S. The first-order valence-electron chi connectivity index (χ1n) is 5.63. The molecule has 0 aromatic carbocycles. The number of allylic oxidation sites excluding steroid dienone is 1. The van der Waals surface area contributed by atoms with Crippen LogP contribution in [0.25, 0.3) is 0 Å². The molecule has 0 aromatic rings. The fourth-order valence-corrected chi connectivity index (χ4v) is 3.14. The van der Waals surface area contributed by atoms with Gasteiger partial charge in [0.05, 0.1) is 6.61 Å². The van der Waals surface area contributed by atoms with Gasteiger partial charge in [-0.1, -0.05) is 0 Å². The molecule has 0 spiro atoms. The van der Waals surface area contributed by atoms with Crippen LogP contribution < -0.4 is 0 Å². The summed E-state index contributed by atoms with van der Waals surface area (Å²) in [6.07, 6.45) is 2.84. The first-order valence-corrected chi connectivity index (χ1v) is 7.22. The standard InChI is InChI=1S/C11H18ClNO2S/c1-2-15-13-6-4-11(8-10(13)9-14)16-7-3-5-12/h11H,2-8H2,1H3. The van der Waals surface area contributed by atoms with Crippen molar-refractivity contribution in [2.24, 2.45) is 0 Å². The Morgan fingerprint density at radius 2 is 2.50 bits per heavy atom.